The number of amidine groups is 1. The Kier molecular flexibility index (Phi) is 5.73. The van der Waals surface area contributed by atoms with Gasteiger partial charge in [0, 0.05) is 10.1 Å². The second-order valence-corrected chi connectivity index (χ2v) is 8.41. The smallest absolute Gasteiger partial charge is 0.335 e. The van der Waals surface area contributed by atoms with E-state index in [1.807, 2.05) is 84.9 Å². The van der Waals surface area contributed by atoms with Crippen molar-refractivity contribution in [2.24, 2.45) is 5.73 Å². The molecule has 2 aromatic heterocycles. The highest BCUT2D eigenvalue weighted by atomic mass is 32.1. The standard InChI is InChI=1S/C25H21N5O2S/c26-24(27)23-14-19-20(12-7-13-22(19)33-23)32-21(17-8-3-1-4-9-17)15-31-25-28-16-30(29-25)18-10-5-2-6-11-18/h1-14,16,21H,15H2,(H3,26,27). The van der Waals surface area contributed by atoms with Gasteiger partial charge in [0.25, 0.3) is 0 Å². The third kappa shape index (κ3) is 4.56. The van der Waals surface area contributed by atoms with Gasteiger partial charge in [-0.3, -0.25) is 5.41 Å². The Balaban J connectivity index is 1.39. The molecule has 0 aliphatic rings. The van der Waals surface area contributed by atoms with Gasteiger partial charge in [0.05, 0.1) is 10.6 Å². The van der Waals surface area contributed by atoms with Crippen molar-refractivity contribution in [3.8, 4) is 17.4 Å². The van der Waals surface area contributed by atoms with Gasteiger partial charge in [-0.05, 0) is 35.9 Å². The van der Waals surface area contributed by atoms with Crippen LogP contribution in [0, 0.1) is 5.41 Å². The molecule has 0 saturated carbocycles. The molecule has 3 N–H and O–H groups in total. The largest absolute Gasteiger partial charge is 0.481 e. The maximum atomic E-state index is 7.75. The van der Waals surface area contributed by atoms with Crippen molar-refractivity contribution < 1.29 is 9.47 Å². The maximum Gasteiger partial charge on any atom is 0.335 e. The fourth-order valence-electron chi connectivity index (χ4n) is 3.46. The predicted molar refractivity (Wildman–Crippen MR) is 130 cm³/mol. The van der Waals surface area contributed by atoms with E-state index in [9.17, 15) is 0 Å². The summed E-state index contributed by atoms with van der Waals surface area (Å²) < 4.78 is 15.0. The number of aromatic nitrogens is 3. The lowest BCUT2D eigenvalue weighted by Crippen LogP contribution is -2.17. The molecule has 0 fully saturated rings. The van der Waals surface area contributed by atoms with Gasteiger partial charge in [-0.2, -0.15) is 4.98 Å². The molecule has 7 nitrogen and oxygen atoms in total. The number of nitrogen functional groups attached to an aromatic ring is 1. The van der Waals surface area contributed by atoms with Crippen molar-refractivity contribution in [2.45, 2.75) is 6.10 Å². The predicted octanol–water partition coefficient (Wildman–Crippen LogP) is 4.97. The molecule has 1 atom stereocenters. The van der Waals surface area contributed by atoms with Crippen LogP contribution in [0.3, 0.4) is 0 Å². The summed E-state index contributed by atoms with van der Waals surface area (Å²) in [5, 5.41) is 13.1. The van der Waals surface area contributed by atoms with Crippen LogP contribution >= 0.6 is 11.3 Å². The zero-order valence-corrected chi connectivity index (χ0v) is 18.4. The number of thiophene rings is 1. The minimum atomic E-state index is -0.388. The Morgan fingerprint density at radius 1 is 1.00 bits per heavy atom. The number of nitrogens with one attached hydrogen (secondary N) is 1. The zero-order valence-electron chi connectivity index (χ0n) is 17.6. The van der Waals surface area contributed by atoms with Crippen LogP contribution in [-0.2, 0) is 0 Å². The van der Waals surface area contributed by atoms with Gasteiger partial charge in [0.15, 0.2) is 6.10 Å². The first-order valence-corrected chi connectivity index (χ1v) is 11.2. The van der Waals surface area contributed by atoms with Gasteiger partial charge < -0.3 is 15.2 Å². The summed E-state index contributed by atoms with van der Waals surface area (Å²) in [5.41, 5.74) is 7.57. The molecule has 0 bridgehead atoms. The number of nitrogens with two attached hydrogens (primary N) is 1. The molecule has 33 heavy (non-hydrogen) atoms. The van der Waals surface area contributed by atoms with E-state index in [0.29, 0.717) is 10.6 Å². The van der Waals surface area contributed by atoms with Crippen molar-refractivity contribution in [2.75, 3.05) is 6.61 Å². The van der Waals surface area contributed by atoms with Crippen LogP contribution in [0.15, 0.2) is 91.3 Å². The van der Waals surface area contributed by atoms with E-state index in [-0.39, 0.29) is 24.6 Å². The van der Waals surface area contributed by atoms with Gasteiger partial charge >= 0.3 is 6.01 Å². The molecule has 0 aliphatic carbocycles. The maximum absolute atomic E-state index is 7.75. The number of fused-ring (bicyclic) bond motifs is 1. The third-order valence-electron chi connectivity index (χ3n) is 5.08. The third-order valence-corrected chi connectivity index (χ3v) is 6.22. The molecule has 1 unspecified atom stereocenters. The number of para-hydroxylation sites is 1. The van der Waals surface area contributed by atoms with E-state index in [1.165, 1.54) is 11.3 Å². The monoisotopic (exact) mass is 455 g/mol. The van der Waals surface area contributed by atoms with Gasteiger partial charge in [0.2, 0.25) is 0 Å². The van der Waals surface area contributed by atoms with Crippen molar-refractivity contribution in [3.63, 3.8) is 0 Å². The molecule has 2 heterocycles. The lowest BCUT2D eigenvalue weighted by molar-refractivity contribution is 0.125. The fourth-order valence-corrected chi connectivity index (χ4v) is 4.40. The summed E-state index contributed by atoms with van der Waals surface area (Å²) in [7, 11) is 0. The lowest BCUT2D eigenvalue weighted by Gasteiger charge is -2.20. The van der Waals surface area contributed by atoms with Crippen LogP contribution in [-0.4, -0.2) is 27.2 Å². The Morgan fingerprint density at radius 3 is 2.52 bits per heavy atom. The Morgan fingerprint density at radius 2 is 1.76 bits per heavy atom. The second-order valence-electron chi connectivity index (χ2n) is 7.33. The van der Waals surface area contributed by atoms with E-state index in [4.69, 9.17) is 20.6 Å². The Labute approximate surface area is 194 Å². The number of hydrogen-bond donors (Lipinski definition) is 2. The molecule has 5 aromatic rings. The van der Waals surface area contributed by atoms with E-state index < -0.39 is 0 Å². The number of rotatable bonds is 8. The first-order valence-electron chi connectivity index (χ1n) is 10.4. The first kappa shape index (κ1) is 20.7. The molecule has 0 aliphatic heterocycles. The highest BCUT2D eigenvalue weighted by Gasteiger charge is 2.18. The molecule has 8 heteroatoms. The topological polar surface area (TPSA) is 99.0 Å². The van der Waals surface area contributed by atoms with E-state index in [0.717, 1.165) is 21.3 Å². The number of ether oxygens (including phenoxy) is 2. The first-order chi connectivity index (χ1) is 16.2. The molecule has 5 rings (SSSR count). The molecule has 0 radical (unpaired) electrons. The van der Waals surface area contributed by atoms with Crippen molar-refractivity contribution in [1.82, 2.24) is 14.8 Å². The Hall–Kier alpha value is -4.17. The molecular weight excluding hydrogens is 434 g/mol. The van der Waals surface area contributed by atoms with Gasteiger partial charge in [-0.15, -0.1) is 16.4 Å². The van der Waals surface area contributed by atoms with Crippen molar-refractivity contribution in [1.29, 1.82) is 5.41 Å². The van der Waals surface area contributed by atoms with Crippen LogP contribution in [0.4, 0.5) is 0 Å². The summed E-state index contributed by atoms with van der Waals surface area (Å²) >= 11 is 1.47. The highest BCUT2D eigenvalue weighted by Crippen LogP contribution is 2.35. The lowest BCUT2D eigenvalue weighted by atomic mass is 10.1. The normalized spacial score (nSPS) is 11.9. The van der Waals surface area contributed by atoms with Crippen molar-refractivity contribution in [3.05, 3.63) is 102 Å². The summed E-state index contributed by atoms with van der Waals surface area (Å²) in [4.78, 5) is 4.99. The van der Waals surface area contributed by atoms with Crippen LogP contribution in [0.2, 0.25) is 0 Å². The van der Waals surface area contributed by atoms with Crippen LogP contribution in [0.1, 0.15) is 16.5 Å². The zero-order chi connectivity index (χ0) is 22.6. The number of benzene rings is 3. The van der Waals surface area contributed by atoms with E-state index in [1.54, 1.807) is 11.0 Å². The number of nitrogens with zero attached hydrogens (tertiary/aromatic N) is 3. The van der Waals surface area contributed by atoms with Crippen molar-refractivity contribution >= 4 is 27.3 Å². The summed E-state index contributed by atoms with van der Waals surface area (Å²) in [5.74, 6) is 0.752. The number of hydrogen-bond acceptors (Lipinski definition) is 6. The molecule has 164 valence electrons. The molecule has 0 amide bonds. The van der Waals surface area contributed by atoms with Crippen LogP contribution in [0.25, 0.3) is 15.8 Å². The quantitative estimate of drug-likeness (QED) is 0.254. The highest BCUT2D eigenvalue weighted by molar-refractivity contribution is 7.20. The average molecular weight is 456 g/mol. The summed E-state index contributed by atoms with van der Waals surface area (Å²) in [6.45, 7) is 0.225. The molecule has 0 saturated heterocycles. The minimum Gasteiger partial charge on any atom is -0.481 e. The van der Waals surface area contributed by atoms with Gasteiger partial charge in [-0.25, -0.2) is 4.68 Å². The SMILES string of the molecule is N=C(N)c1cc2c(OC(COc3ncn(-c4ccccc4)n3)c3ccccc3)cccc2s1. The average Bonchev–Trinajstić information content (AvgIpc) is 3.51. The van der Waals surface area contributed by atoms with Gasteiger partial charge in [0.1, 0.15) is 24.5 Å². The summed E-state index contributed by atoms with van der Waals surface area (Å²) in [6.07, 6.45) is 1.24. The molecular formula is C25H21N5O2S. The Bertz CT molecular complexity index is 1380. The fraction of sp³-hybridized carbons (Fsp3) is 0.0800. The molecule has 3 aromatic carbocycles. The minimum absolute atomic E-state index is 0.0465. The van der Waals surface area contributed by atoms with Gasteiger partial charge in [-0.1, -0.05) is 54.6 Å². The van der Waals surface area contributed by atoms with Crippen LogP contribution < -0.4 is 15.2 Å². The second kappa shape index (κ2) is 9.13. The van der Waals surface area contributed by atoms with E-state index >= 15 is 0 Å². The summed E-state index contributed by atoms with van der Waals surface area (Å²) in [6, 6.07) is 27.6. The molecule has 0 spiro atoms. The van der Waals surface area contributed by atoms with E-state index in [2.05, 4.69) is 10.1 Å². The van der Waals surface area contributed by atoms with Crippen LogP contribution in [0.5, 0.6) is 11.8 Å².